The highest BCUT2D eigenvalue weighted by Gasteiger charge is 2.42. The number of esters is 1. The summed E-state index contributed by atoms with van der Waals surface area (Å²) in [7, 11) is 1.37. The molecule has 0 bridgehead atoms. The molecular formula is C39H58O6. The second kappa shape index (κ2) is 20.1. The van der Waals surface area contributed by atoms with Crippen LogP contribution in [0.15, 0.2) is 60.7 Å². The summed E-state index contributed by atoms with van der Waals surface area (Å²) in [6.45, 7) is 3.31. The first kappa shape index (κ1) is 35.6. The van der Waals surface area contributed by atoms with Gasteiger partial charge < -0.3 is 24.1 Å². The molecule has 1 N–H and O–H groups in total. The molecule has 1 saturated carbocycles. The van der Waals surface area contributed by atoms with Gasteiger partial charge in [0.2, 0.25) is 0 Å². The Hall–Kier alpha value is -2.25. The Morgan fingerprint density at radius 2 is 1.29 bits per heavy atom. The molecule has 2 aliphatic rings. The standard InChI is InChI=1S/C39H58O6/c1-3-34-38(44-29-31-21-13-10-14-22-31)36(43-28-30-19-11-9-12-20-30)27-35(45-34)32-23-15-7-5-4-6-8-16-25-33(26-18-17-24-32)37(40)39(41)42-2/h9-14,19-22,32-38,40H,3-8,15-18,23-29H2,1-2H3. The van der Waals surface area contributed by atoms with E-state index < -0.39 is 12.1 Å². The van der Waals surface area contributed by atoms with Crippen LogP contribution in [0.25, 0.3) is 0 Å². The first-order valence-electron chi connectivity index (χ1n) is 17.8. The molecule has 2 fully saturated rings. The molecular weight excluding hydrogens is 564 g/mol. The lowest BCUT2D eigenvalue weighted by Crippen LogP contribution is -2.52. The van der Waals surface area contributed by atoms with E-state index in [1.165, 1.54) is 51.2 Å². The lowest BCUT2D eigenvalue weighted by Gasteiger charge is -2.44. The molecule has 45 heavy (non-hydrogen) atoms. The highest BCUT2D eigenvalue weighted by atomic mass is 16.6. The smallest absolute Gasteiger partial charge is 0.334 e. The fourth-order valence-electron chi connectivity index (χ4n) is 7.31. The van der Waals surface area contributed by atoms with Crippen LogP contribution in [0.1, 0.15) is 114 Å². The van der Waals surface area contributed by atoms with E-state index in [0.717, 1.165) is 63.4 Å². The van der Waals surface area contributed by atoms with Gasteiger partial charge in [-0.25, -0.2) is 4.79 Å². The van der Waals surface area contributed by atoms with Gasteiger partial charge in [-0.15, -0.1) is 0 Å². The Kier molecular flexibility index (Phi) is 15.9. The van der Waals surface area contributed by atoms with Crippen molar-refractivity contribution in [3.8, 4) is 0 Å². The zero-order valence-electron chi connectivity index (χ0n) is 27.8. The van der Waals surface area contributed by atoms with Crippen LogP contribution in [0.5, 0.6) is 0 Å². The quantitative estimate of drug-likeness (QED) is 0.268. The summed E-state index contributed by atoms with van der Waals surface area (Å²) in [5.41, 5.74) is 2.33. The summed E-state index contributed by atoms with van der Waals surface area (Å²) < 4.78 is 25.1. The minimum atomic E-state index is -1.02. The van der Waals surface area contributed by atoms with Crippen molar-refractivity contribution >= 4 is 5.97 Å². The molecule has 0 aromatic heterocycles. The maximum atomic E-state index is 12.2. The Bertz CT molecular complexity index is 1060. The average molecular weight is 623 g/mol. The Morgan fingerprint density at radius 1 is 0.778 bits per heavy atom. The van der Waals surface area contributed by atoms with Crippen LogP contribution in [-0.4, -0.2) is 48.7 Å². The van der Waals surface area contributed by atoms with E-state index in [-0.39, 0.29) is 30.3 Å². The highest BCUT2D eigenvalue weighted by Crippen LogP contribution is 2.36. The predicted octanol–water partition coefficient (Wildman–Crippen LogP) is 8.58. The average Bonchev–Trinajstić information content (AvgIpc) is 3.09. The number of carbonyl (C=O) groups excluding carboxylic acids is 1. The van der Waals surface area contributed by atoms with E-state index in [1.54, 1.807) is 0 Å². The van der Waals surface area contributed by atoms with Crippen molar-refractivity contribution in [2.24, 2.45) is 11.8 Å². The van der Waals surface area contributed by atoms with Gasteiger partial charge in [-0.05, 0) is 55.1 Å². The van der Waals surface area contributed by atoms with Gasteiger partial charge in [0.05, 0.1) is 38.6 Å². The van der Waals surface area contributed by atoms with E-state index in [1.807, 2.05) is 12.1 Å². The largest absolute Gasteiger partial charge is 0.467 e. The van der Waals surface area contributed by atoms with E-state index in [2.05, 4.69) is 55.5 Å². The zero-order valence-corrected chi connectivity index (χ0v) is 27.8. The Labute approximate surface area is 272 Å². The maximum Gasteiger partial charge on any atom is 0.334 e. The number of ether oxygens (including phenoxy) is 4. The van der Waals surface area contributed by atoms with Crippen LogP contribution in [0.2, 0.25) is 0 Å². The number of aliphatic hydroxyl groups excluding tert-OH is 1. The van der Waals surface area contributed by atoms with Crippen molar-refractivity contribution in [1.82, 2.24) is 0 Å². The molecule has 7 unspecified atom stereocenters. The van der Waals surface area contributed by atoms with Crippen molar-refractivity contribution in [2.75, 3.05) is 7.11 Å². The normalized spacial score (nSPS) is 28.3. The van der Waals surface area contributed by atoms with E-state index in [0.29, 0.717) is 19.1 Å². The molecule has 1 saturated heterocycles. The molecule has 250 valence electrons. The van der Waals surface area contributed by atoms with Gasteiger partial charge in [-0.2, -0.15) is 0 Å². The van der Waals surface area contributed by atoms with Crippen molar-refractivity contribution in [3.05, 3.63) is 71.8 Å². The first-order valence-corrected chi connectivity index (χ1v) is 17.8. The summed E-state index contributed by atoms with van der Waals surface area (Å²) in [5.74, 6) is -0.0802. The minimum absolute atomic E-state index is 0.0237. The fraction of sp³-hybridized carbons (Fsp3) is 0.667. The number of methoxy groups -OCH3 is 1. The molecule has 0 radical (unpaired) electrons. The molecule has 6 nitrogen and oxygen atoms in total. The number of benzene rings is 2. The third-order valence-electron chi connectivity index (χ3n) is 10.0. The van der Waals surface area contributed by atoms with Crippen molar-refractivity contribution in [2.45, 2.75) is 147 Å². The van der Waals surface area contributed by atoms with Gasteiger partial charge in [0.25, 0.3) is 0 Å². The second-order valence-corrected chi connectivity index (χ2v) is 13.3. The first-order chi connectivity index (χ1) is 22.1. The van der Waals surface area contributed by atoms with Crippen LogP contribution < -0.4 is 0 Å². The summed E-state index contributed by atoms with van der Waals surface area (Å²) in [4.78, 5) is 12.2. The summed E-state index contributed by atoms with van der Waals surface area (Å²) in [6, 6.07) is 20.8. The molecule has 1 heterocycles. The molecule has 2 aromatic carbocycles. The summed E-state index contributed by atoms with van der Waals surface area (Å²) in [6.07, 6.45) is 15.1. The zero-order chi connectivity index (χ0) is 31.7. The van der Waals surface area contributed by atoms with Gasteiger partial charge >= 0.3 is 5.97 Å². The van der Waals surface area contributed by atoms with Gasteiger partial charge in [0.15, 0.2) is 6.10 Å². The van der Waals surface area contributed by atoms with E-state index >= 15 is 0 Å². The van der Waals surface area contributed by atoms with E-state index in [4.69, 9.17) is 18.9 Å². The molecule has 4 rings (SSSR count). The lowest BCUT2D eigenvalue weighted by molar-refractivity contribution is -0.218. The van der Waals surface area contributed by atoms with Crippen LogP contribution >= 0.6 is 0 Å². The number of carbonyl (C=O) groups is 1. The Balaban J connectivity index is 1.45. The Morgan fingerprint density at radius 3 is 1.87 bits per heavy atom. The summed E-state index contributed by atoms with van der Waals surface area (Å²) >= 11 is 0. The molecule has 0 spiro atoms. The van der Waals surface area contributed by atoms with Crippen LogP contribution in [-0.2, 0) is 37.0 Å². The van der Waals surface area contributed by atoms with Crippen molar-refractivity contribution in [1.29, 1.82) is 0 Å². The molecule has 1 aliphatic heterocycles. The topological polar surface area (TPSA) is 74.2 Å². The number of hydrogen-bond acceptors (Lipinski definition) is 6. The molecule has 2 aromatic rings. The second-order valence-electron chi connectivity index (χ2n) is 13.3. The molecule has 7 atom stereocenters. The number of hydrogen-bond donors (Lipinski definition) is 1. The molecule has 6 heteroatoms. The molecule has 1 aliphatic carbocycles. The fourth-order valence-corrected chi connectivity index (χ4v) is 7.31. The SMILES string of the molecule is CCC1OC(C2CCCCCCCCCC(C(O)C(=O)OC)CCCC2)CC(OCc2ccccc2)C1OCc1ccccc1. The van der Waals surface area contributed by atoms with Crippen molar-refractivity contribution in [3.63, 3.8) is 0 Å². The summed E-state index contributed by atoms with van der Waals surface area (Å²) in [5, 5.41) is 10.7. The highest BCUT2D eigenvalue weighted by molar-refractivity contribution is 5.74. The van der Waals surface area contributed by atoms with Gasteiger partial charge in [-0.3, -0.25) is 0 Å². The van der Waals surface area contributed by atoms with Gasteiger partial charge in [0.1, 0.15) is 6.10 Å². The van der Waals surface area contributed by atoms with E-state index in [9.17, 15) is 9.90 Å². The third kappa shape index (κ3) is 11.8. The molecule has 0 amide bonds. The van der Waals surface area contributed by atoms with Crippen LogP contribution in [0, 0.1) is 11.8 Å². The van der Waals surface area contributed by atoms with Crippen LogP contribution in [0.3, 0.4) is 0 Å². The maximum absolute atomic E-state index is 12.2. The van der Waals surface area contributed by atoms with Crippen molar-refractivity contribution < 1.29 is 28.8 Å². The third-order valence-corrected chi connectivity index (χ3v) is 10.0. The number of aliphatic hydroxyl groups is 1. The van der Waals surface area contributed by atoms with Gasteiger partial charge in [0, 0.05) is 6.42 Å². The number of rotatable bonds is 10. The predicted molar refractivity (Wildman–Crippen MR) is 179 cm³/mol. The monoisotopic (exact) mass is 622 g/mol. The van der Waals surface area contributed by atoms with Crippen LogP contribution in [0.4, 0.5) is 0 Å². The lowest BCUT2D eigenvalue weighted by atomic mass is 9.83. The minimum Gasteiger partial charge on any atom is -0.467 e. The van der Waals surface area contributed by atoms with Gasteiger partial charge in [-0.1, -0.05) is 125 Å².